The summed E-state index contributed by atoms with van der Waals surface area (Å²) in [6.45, 7) is 1.83. The van der Waals surface area contributed by atoms with E-state index in [0.29, 0.717) is 0 Å². The van der Waals surface area contributed by atoms with Crippen molar-refractivity contribution in [2.45, 2.75) is 13.0 Å². The summed E-state index contributed by atoms with van der Waals surface area (Å²) in [5.41, 5.74) is 5.62. The molecule has 0 aliphatic carbocycles. The number of nitrogens with zero attached hydrogens (tertiary/aromatic N) is 4. The number of benzene rings is 2. The van der Waals surface area contributed by atoms with Crippen LogP contribution in [0.1, 0.15) is 11.1 Å². The normalized spacial score (nSPS) is 13.8. The van der Waals surface area contributed by atoms with Crippen molar-refractivity contribution in [1.82, 2.24) is 14.3 Å². The maximum atomic E-state index is 6.01. The topological polar surface area (TPSA) is 41.9 Å². The van der Waals surface area contributed by atoms with Gasteiger partial charge in [0.15, 0.2) is 5.82 Å². The van der Waals surface area contributed by atoms with Crippen molar-refractivity contribution >= 4 is 39.2 Å². The minimum atomic E-state index is 0.718. The van der Waals surface area contributed by atoms with Crippen LogP contribution in [0.5, 0.6) is 0 Å². The summed E-state index contributed by atoms with van der Waals surface area (Å²) in [4.78, 5) is 11.4. The molecule has 1 aliphatic heterocycles. The van der Waals surface area contributed by atoms with Crippen LogP contribution in [0.15, 0.2) is 54.9 Å². The Balaban J connectivity index is 1.57. The zero-order valence-electron chi connectivity index (χ0n) is 13.9. The number of hydrogen-bond acceptors (Lipinski definition) is 5. The number of halogens is 1. The van der Waals surface area contributed by atoms with Gasteiger partial charge in [-0.05, 0) is 41.2 Å². The van der Waals surface area contributed by atoms with Crippen molar-refractivity contribution in [3.05, 3.63) is 71.0 Å². The Bertz CT molecular complexity index is 1090. The standard InChI is InChI=1S/C20H15ClN4S/c21-16-7-5-14(6-8-16)17-18-19(26-24-17)20(23-12-22-18)25-10-9-13-3-1-2-4-15(13)11-25/h1-8,12H,9-11H2. The third kappa shape index (κ3) is 2.64. The van der Waals surface area contributed by atoms with Crippen LogP contribution in [-0.4, -0.2) is 20.9 Å². The number of fused-ring (bicyclic) bond motifs is 2. The van der Waals surface area contributed by atoms with Gasteiger partial charge in [-0.3, -0.25) is 0 Å². The van der Waals surface area contributed by atoms with E-state index in [1.807, 2.05) is 24.3 Å². The molecule has 0 fully saturated rings. The van der Waals surface area contributed by atoms with Crippen LogP contribution >= 0.6 is 23.1 Å². The van der Waals surface area contributed by atoms with Gasteiger partial charge < -0.3 is 4.90 Å². The van der Waals surface area contributed by atoms with Crippen LogP contribution in [0.3, 0.4) is 0 Å². The van der Waals surface area contributed by atoms with E-state index in [2.05, 4.69) is 43.5 Å². The van der Waals surface area contributed by atoms with E-state index in [4.69, 9.17) is 11.6 Å². The van der Waals surface area contributed by atoms with E-state index in [9.17, 15) is 0 Å². The molecule has 0 saturated heterocycles. The van der Waals surface area contributed by atoms with Gasteiger partial charge in [-0.25, -0.2) is 9.97 Å². The molecule has 6 heteroatoms. The lowest BCUT2D eigenvalue weighted by Gasteiger charge is -2.29. The summed E-state index contributed by atoms with van der Waals surface area (Å²) in [6, 6.07) is 16.4. The molecule has 0 N–H and O–H groups in total. The van der Waals surface area contributed by atoms with Crippen LogP contribution in [-0.2, 0) is 13.0 Å². The first kappa shape index (κ1) is 15.7. The summed E-state index contributed by atoms with van der Waals surface area (Å²) < 4.78 is 5.70. The summed E-state index contributed by atoms with van der Waals surface area (Å²) in [7, 11) is 0. The highest BCUT2D eigenvalue weighted by Gasteiger charge is 2.22. The van der Waals surface area contributed by atoms with Crippen molar-refractivity contribution in [2.75, 3.05) is 11.4 Å². The molecule has 3 heterocycles. The lowest BCUT2D eigenvalue weighted by molar-refractivity contribution is 0.723. The SMILES string of the molecule is Clc1ccc(-c2nsc3c(N4CCc5ccccc5C4)ncnc23)cc1. The molecule has 0 radical (unpaired) electrons. The minimum Gasteiger partial charge on any atom is -0.351 e. The van der Waals surface area contributed by atoms with E-state index in [0.717, 1.165) is 51.8 Å². The Morgan fingerprint density at radius 1 is 0.962 bits per heavy atom. The summed E-state index contributed by atoms with van der Waals surface area (Å²) in [5, 5.41) is 0.718. The fraction of sp³-hybridized carbons (Fsp3) is 0.150. The van der Waals surface area contributed by atoms with Gasteiger partial charge in [-0.15, -0.1) is 0 Å². The summed E-state index contributed by atoms with van der Waals surface area (Å²) in [5.74, 6) is 0.974. The molecular formula is C20H15ClN4S. The molecule has 0 amide bonds. The molecule has 5 rings (SSSR count). The van der Waals surface area contributed by atoms with Gasteiger partial charge in [0.25, 0.3) is 0 Å². The molecule has 128 valence electrons. The second-order valence-electron chi connectivity index (χ2n) is 6.35. The Kier molecular flexibility index (Phi) is 3.84. The summed E-state index contributed by atoms with van der Waals surface area (Å²) in [6.07, 6.45) is 2.68. The van der Waals surface area contributed by atoms with Crippen molar-refractivity contribution in [3.8, 4) is 11.3 Å². The maximum Gasteiger partial charge on any atom is 0.152 e. The molecular weight excluding hydrogens is 364 g/mol. The number of aromatic nitrogens is 3. The fourth-order valence-electron chi connectivity index (χ4n) is 3.45. The molecule has 0 unspecified atom stereocenters. The predicted octanol–water partition coefficient (Wildman–Crippen LogP) is 4.97. The van der Waals surface area contributed by atoms with Crippen molar-refractivity contribution in [1.29, 1.82) is 0 Å². The van der Waals surface area contributed by atoms with Gasteiger partial charge >= 0.3 is 0 Å². The Labute approximate surface area is 160 Å². The first-order chi connectivity index (χ1) is 12.8. The van der Waals surface area contributed by atoms with Crippen molar-refractivity contribution in [3.63, 3.8) is 0 Å². The maximum absolute atomic E-state index is 6.01. The van der Waals surface area contributed by atoms with Crippen LogP contribution in [0, 0.1) is 0 Å². The average Bonchev–Trinajstić information content (AvgIpc) is 3.12. The summed E-state index contributed by atoms with van der Waals surface area (Å²) >= 11 is 7.47. The molecule has 0 spiro atoms. The zero-order valence-corrected chi connectivity index (χ0v) is 15.5. The van der Waals surface area contributed by atoms with Crippen molar-refractivity contribution < 1.29 is 0 Å². The van der Waals surface area contributed by atoms with E-state index < -0.39 is 0 Å². The molecule has 1 aliphatic rings. The molecule has 4 nitrogen and oxygen atoms in total. The molecule has 0 atom stereocenters. The first-order valence-electron chi connectivity index (χ1n) is 8.47. The fourth-order valence-corrected chi connectivity index (χ4v) is 4.45. The highest BCUT2D eigenvalue weighted by atomic mass is 35.5. The van der Waals surface area contributed by atoms with Crippen LogP contribution in [0.4, 0.5) is 5.82 Å². The van der Waals surface area contributed by atoms with E-state index >= 15 is 0 Å². The van der Waals surface area contributed by atoms with Crippen LogP contribution < -0.4 is 4.90 Å². The zero-order chi connectivity index (χ0) is 17.5. The van der Waals surface area contributed by atoms with Gasteiger partial charge in [0.05, 0.1) is 0 Å². The molecule has 4 aromatic rings. The molecule has 0 bridgehead atoms. The molecule has 0 saturated carbocycles. The van der Waals surface area contributed by atoms with Crippen LogP contribution in [0.2, 0.25) is 5.02 Å². The smallest absolute Gasteiger partial charge is 0.152 e. The van der Waals surface area contributed by atoms with Gasteiger partial charge in [-0.2, -0.15) is 4.37 Å². The number of rotatable bonds is 2. The third-order valence-corrected chi connectivity index (χ3v) is 5.87. The van der Waals surface area contributed by atoms with E-state index in [-0.39, 0.29) is 0 Å². The predicted molar refractivity (Wildman–Crippen MR) is 107 cm³/mol. The Hall–Kier alpha value is -2.50. The second kappa shape index (κ2) is 6.34. The second-order valence-corrected chi connectivity index (χ2v) is 7.56. The van der Waals surface area contributed by atoms with Gasteiger partial charge in [0, 0.05) is 23.7 Å². The lowest BCUT2D eigenvalue weighted by atomic mass is 10.00. The quantitative estimate of drug-likeness (QED) is 0.494. The highest BCUT2D eigenvalue weighted by Crippen LogP contribution is 2.36. The van der Waals surface area contributed by atoms with Gasteiger partial charge in [0.2, 0.25) is 0 Å². The Morgan fingerprint density at radius 2 is 1.77 bits per heavy atom. The lowest BCUT2D eigenvalue weighted by Crippen LogP contribution is -2.31. The monoisotopic (exact) mass is 378 g/mol. The third-order valence-electron chi connectivity index (χ3n) is 4.79. The molecule has 2 aromatic carbocycles. The Morgan fingerprint density at radius 3 is 2.62 bits per heavy atom. The van der Waals surface area contributed by atoms with Crippen LogP contribution in [0.25, 0.3) is 21.5 Å². The van der Waals surface area contributed by atoms with Crippen molar-refractivity contribution in [2.24, 2.45) is 0 Å². The molecule has 26 heavy (non-hydrogen) atoms. The number of hydrogen-bond donors (Lipinski definition) is 0. The largest absolute Gasteiger partial charge is 0.351 e. The molecule has 2 aromatic heterocycles. The van der Waals surface area contributed by atoms with Gasteiger partial charge in [-0.1, -0.05) is 48.0 Å². The average molecular weight is 379 g/mol. The first-order valence-corrected chi connectivity index (χ1v) is 9.63. The highest BCUT2D eigenvalue weighted by molar-refractivity contribution is 7.14. The van der Waals surface area contributed by atoms with E-state index in [1.165, 1.54) is 22.7 Å². The number of anilines is 1. The van der Waals surface area contributed by atoms with Gasteiger partial charge in [0.1, 0.15) is 22.2 Å². The van der Waals surface area contributed by atoms with E-state index in [1.54, 1.807) is 6.33 Å². The minimum absolute atomic E-state index is 0.718.